The summed E-state index contributed by atoms with van der Waals surface area (Å²) < 4.78 is 5.17. The normalized spacial score (nSPS) is 10.6. The van der Waals surface area contributed by atoms with Crippen LogP contribution in [0.15, 0.2) is 47.2 Å². The van der Waals surface area contributed by atoms with Crippen LogP contribution in [0.25, 0.3) is 21.1 Å². The summed E-state index contributed by atoms with van der Waals surface area (Å²) in [5.41, 5.74) is 2.06. The fourth-order valence-corrected chi connectivity index (χ4v) is 5.17. The third kappa shape index (κ3) is 5.16. The Bertz CT molecular complexity index is 1210. The summed E-state index contributed by atoms with van der Waals surface area (Å²) in [4.78, 5) is 34.6. The number of nitrogens with one attached hydrogen (secondary N) is 2. The van der Waals surface area contributed by atoms with Crippen molar-refractivity contribution in [2.75, 3.05) is 12.4 Å². The fourth-order valence-electron chi connectivity index (χ4n) is 2.67. The average Bonchev–Trinajstić information content (AvgIpc) is 3.52. The first-order valence-corrected chi connectivity index (χ1v) is 11.8. The Morgan fingerprint density at radius 3 is 2.58 bits per heavy atom. The lowest BCUT2D eigenvalue weighted by Crippen LogP contribution is -2.17. The van der Waals surface area contributed by atoms with Gasteiger partial charge in [0.15, 0.2) is 5.13 Å². The average molecular weight is 471 g/mol. The number of hydrogen-bond donors (Lipinski definition) is 2. The second kappa shape index (κ2) is 9.38. The van der Waals surface area contributed by atoms with Crippen LogP contribution in [0.1, 0.15) is 22.3 Å². The Labute approximate surface area is 190 Å². The van der Waals surface area contributed by atoms with Crippen molar-refractivity contribution in [2.24, 2.45) is 0 Å². The highest BCUT2D eigenvalue weighted by Gasteiger charge is 2.15. The van der Waals surface area contributed by atoms with Crippen molar-refractivity contribution in [3.63, 3.8) is 0 Å². The predicted octanol–water partition coefficient (Wildman–Crippen LogP) is 4.89. The maximum absolute atomic E-state index is 12.6. The van der Waals surface area contributed by atoms with E-state index >= 15 is 0 Å². The zero-order chi connectivity index (χ0) is 21.8. The summed E-state index contributed by atoms with van der Waals surface area (Å²) in [6.45, 7) is 1.99. The molecule has 2 N–H and O–H groups in total. The standard InChI is InChI=1S/C21H18N4O3S3/c1-12(26)22-9-15-7-8-18(31-15)16-10-30-21(24-16)25-19(27)17-11-29-20(23-17)13-3-5-14(28-2)6-4-13/h3-8,10-11H,9H2,1-2H3,(H,22,26)(H,24,25,27). The third-order valence-corrected chi connectivity index (χ3v) is 6.98. The van der Waals surface area contributed by atoms with Crippen LogP contribution in [-0.2, 0) is 11.3 Å². The molecule has 158 valence electrons. The van der Waals surface area contributed by atoms with Crippen molar-refractivity contribution in [1.82, 2.24) is 15.3 Å². The van der Waals surface area contributed by atoms with E-state index in [1.807, 2.05) is 41.8 Å². The second-order valence-corrected chi connectivity index (χ2v) is 9.32. The molecule has 0 fully saturated rings. The highest BCUT2D eigenvalue weighted by atomic mass is 32.1. The summed E-state index contributed by atoms with van der Waals surface area (Å²) in [7, 11) is 1.62. The lowest BCUT2D eigenvalue weighted by molar-refractivity contribution is -0.119. The van der Waals surface area contributed by atoms with Gasteiger partial charge in [0.2, 0.25) is 5.91 Å². The van der Waals surface area contributed by atoms with Gasteiger partial charge in [-0.3, -0.25) is 14.9 Å². The lowest BCUT2D eigenvalue weighted by Gasteiger charge is -2.00. The minimum atomic E-state index is -0.297. The quantitative estimate of drug-likeness (QED) is 0.401. The van der Waals surface area contributed by atoms with Crippen molar-refractivity contribution in [3.8, 4) is 26.9 Å². The molecule has 0 saturated carbocycles. The lowest BCUT2D eigenvalue weighted by atomic mass is 10.2. The Hall–Kier alpha value is -3.08. The van der Waals surface area contributed by atoms with Crippen molar-refractivity contribution in [3.05, 3.63) is 57.7 Å². The van der Waals surface area contributed by atoms with Gasteiger partial charge in [-0.25, -0.2) is 9.97 Å². The number of carbonyl (C=O) groups excluding carboxylic acids is 2. The van der Waals surface area contributed by atoms with Crippen molar-refractivity contribution >= 4 is 51.0 Å². The molecule has 4 rings (SSSR count). The number of thiazole rings is 2. The highest BCUT2D eigenvalue weighted by Crippen LogP contribution is 2.31. The molecular weight excluding hydrogens is 452 g/mol. The monoisotopic (exact) mass is 470 g/mol. The van der Waals surface area contributed by atoms with E-state index < -0.39 is 0 Å². The number of aromatic nitrogens is 2. The van der Waals surface area contributed by atoms with Crippen LogP contribution in [0.3, 0.4) is 0 Å². The molecule has 1 aromatic carbocycles. The molecule has 0 saturated heterocycles. The molecule has 31 heavy (non-hydrogen) atoms. The highest BCUT2D eigenvalue weighted by molar-refractivity contribution is 7.17. The van der Waals surface area contributed by atoms with Gasteiger partial charge in [0.25, 0.3) is 5.91 Å². The maximum atomic E-state index is 12.6. The second-order valence-electron chi connectivity index (χ2n) is 6.43. The van der Waals surface area contributed by atoms with E-state index in [1.165, 1.54) is 29.6 Å². The smallest absolute Gasteiger partial charge is 0.276 e. The van der Waals surface area contributed by atoms with E-state index in [1.54, 1.807) is 23.8 Å². The number of ether oxygens (including phenoxy) is 1. The summed E-state index contributed by atoms with van der Waals surface area (Å²) in [5.74, 6) is 0.408. The summed E-state index contributed by atoms with van der Waals surface area (Å²) in [6, 6.07) is 11.5. The van der Waals surface area contributed by atoms with E-state index in [0.717, 1.165) is 31.8 Å². The van der Waals surface area contributed by atoms with Crippen LogP contribution >= 0.6 is 34.0 Å². The van der Waals surface area contributed by atoms with E-state index in [-0.39, 0.29) is 11.8 Å². The topological polar surface area (TPSA) is 93.2 Å². The van der Waals surface area contributed by atoms with Crippen LogP contribution < -0.4 is 15.4 Å². The molecule has 0 radical (unpaired) electrons. The molecule has 10 heteroatoms. The molecule has 7 nitrogen and oxygen atoms in total. The molecule has 0 unspecified atom stereocenters. The first kappa shape index (κ1) is 21.2. The van der Waals surface area contributed by atoms with Crippen LogP contribution in [0.2, 0.25) is 0 Å². The molecule has 0 aliphatic carbocycles. The van der Waals surface area contributed by atoms with Crippen LogP contribution in [0.4, 0.5) is 5.13 Å². The number of thiophene rings is 1. The largest absolute Gasteiger partial charge is 0.497 e. The molecule has 0 bridgehead atoms. The number of hydrogen-bond acceptors (Lipinski definition) is 8. The molecule has 0 aliphatic rings. The van der Waals surface area contributed by atoms with Gasteiger partial charge in [-0.05, 0) is 36.4 Å². The third-order valence-electron chi connectivity index (χ3n) is 4.22. The van der Waals surface area contributed by atoms with Gasteiger partial charge in [0, 0.05) is 28.1 Å². The Morgan fingerprint density at radius 2 is 1.84 bits per heavy atom. The van der Waals surface area contributed by atoms with Crippen LogP contribution in [0.5, 0.6) is 5.75 Å². The van der Waals surface area contributed by atoms with Crippen molar-refractivity contribution < 1.29 is 14.3 Å². The molecule has 0 atom stereocenters. The number of rotatable bonds is 7. The fraction of sp³-hybridized carbons (Fsp3) is 0.143. The summed E-state index contributed by atoms with van der Waals surface area (Å²) in [5, 5.41) is 10.5. The summed E-state index contributed by atoms with van der Waals surface area (Å²) in [6.07, 6.45) is 0. The molecule has 0 spiro atoms. The van der Waals surface area contributed by atoms with Gasteiger partial charge in [0.1, 0.15) is 16.5 Å². The Kier molecular flexibility index (Phi) is 6.40. The van der Waals surface area contributed by atoms with Gasteiger partial charge in [-0.1, -0.05) is 0 Å². The number of carbonyl (C=O) groups is 2. The first-order chi connectivity index (χ1) is 15.0. The predicted molar refractivity (Wildman–Crippen MR) is 125 cm³/mol. The maximum Gasteiger partial charge on any atom is 0.276 e. The van der Waals surface area contributed by atoms with Gasteiger partial charge in [-0.15, -0.1) is 34.0 Å². The molecule has 3 aromatic heterocycles. The van der Waals surface area contributed by atoms with E-state index in [0.29, 0.717) is 17.4 Å². The minimum Gasteiger partial charge on any atom is -0.497 e. The molecule has 3 heterocycles. The van der Waals surface area contributed by atoms with Crippen molar-refractivity contribution in [1.29, 1.82) is 0 Å². The van der Waals surface area contributed by atoms with Gasteiger partial charge in [0.05, 0.1) is 24.2 Å². The first-order valence-electron chi connectivity index (χ1n) is 9.22. The number of anilines is 1. The van der Waals surface area contributed by atoms with Gasteiger partial charge in [-0.2, -0.15) is 0 Å². The molecule has 4 aromatic rings. The van der Waals surface area contributed by atoms with Crippen LogP contribution in [0, 0.1) is 0 Å². The molecular formula is C21H18N4O3S3. The SMILES string of the molecule is COc1ccc(-c2nc(C(=O)Nc3nc(-c4ccc(CNC(C)=O)s4)cs3)cs2)cc1. The zero-order valence-electron chi connectivity index (χ0n) is 16.7. The van der Waals surface area contributed by atoms with Gasteiger partial charge >= 0.3 is 0 Å². The minimum absolute atomic E-state index is 0.0641. The number of benzene rings is 1. The Balaban J connectivity index is 1.41. The van der Waals surface area contributed by atoms with Crippen LogP contribution in [-0.4, -0.2) is 28.9 Å². The number of methoxy groups -OCH3 is 1. The Morgan fingerprint density at radius 1 is 1.03 bits per heavy atom. The van der Waals surface area contributed by atoms with Crippen molar-refractivity contribution in [2.45, 2.75) is 13.5 Å². The zero-order valence-corrected chi connectivity index (χ0v) is 19.1. The van der Waals surface area contributed by atoms with E-state index in [9.17, 15) is 9.59 Å². The van der Waals surface area contributed by atoms with Gasteiger partial charge < -0.3 is 10.1 Å². The van der Waals surface area contributed by atoms with E-state index in [2.05, 4.69) is 20.6 Å². The van der Waals surface area contributed by atoms with E-state index in [4.69, 9.17) is 4.74 Å². The number of amides is 2. The molecule has 0 aliphatic heterocycles. The number of nitrogens with zero attached hydrogens (tertiary/aromatic N) is 2. The summed E-state index contributed by atoms with van der Waals surface area (Å²) >= 11 is 4.32. The molecule has 2 amide bonds.